The summed E-state index contributed by atoms with van der Waals surface area (Å²) in [5.74, 6) is 0.745. The summed E-state index contributed by atoms with van der Waals surface area (Å²) >= 11 is 2.59. The van der Waals surface area contributed by atoms with E-state index in [1.807, 2.05) is 42.5 Å². The van der Waals surface area contributed by atoms with E-state index in [1.165, 1.54) is 29.1 Å². The summed E-state index contributed by atoms with van der Waals surface area (Å²) < 4.78 is 0.169. The van der Waals surface area contributed by atoms with Crippen LogP contribution < -0.4 is 0 Å². The molecule has 0 aliphatic carbocycles. The molecule has 0 N–H and O–H groups in total. The first kappa shape index (κ1) is 11.4. The Balaban J connectivity index is 2.31. The Labute approximate surface area is 93.0 Å². The van der Waals surface area contributed by atoms with Gasteiger partial charge in [-0.1, -0.05) is 66.0 Å². The van der Waals surface area contributed by atoms with Crippen LogP contribution in [-0.4, -0.2) is 16.5 Å². The number of carbonyl (C=O) groups is 1. The van der Waals surface area contributed by atoms with Crippen LogP contribution in [0.5, 0.6) is 0 Å². The molecule has 0 radical (unpaired) electrons. The Morgan fingerprint density at radius 1 is 1.36 bits per heavy atom. The van der Waals surface area contributed by atoms with Crippen molar-refractivity contribution in [2.45, 2.75) is 0 Å². The highest BCUT2D eigenvalue weighted by Gasteiger charge is 1.95. The molecule has 1 aromatic rings. The summed E-state index contributed by atoms with van der Waals surface area (Å²) in [6, 6.07) is 10.1. The maximum absolute atomic E-state index is 10.9. The van der Waals surface area contributed by atoms with E-state index in [-0.39, 0.29) is 4.45 Å². The highest BCUT2D eigenvalue weighted by Crippen LogP contribution is 2.13. The van der Waals surface area contributed by atoms with Gasteiger partial charge in [-0.05, 0) is 11.8 Å². The number of thioether (sulfide) groups is 2. The molecule has 0 aromatic heterocycles. The van der Waals surface area contributed by atoms with Gasteiger partial charge in [-0.2, -0.15) is 0 Å². The Bertz CT molecular complexity index is 306. The van der Waals surface area contributed by atoms with Crippen molar-refractivity contribution in [3.63, 3.8) is 0 Å². The minimum Gasteiger partial charge on any atom is -0.274 e. The van der Waals surface area contributed by atoms with Gasteiger partial charge in [0.1, 0.15) is 0 Å². The van der Waals surface area contributed by atoms with Crippen LogP contribution in [0.3, 0.4) is 0 Å². The molecule has 0 saturated carbocycles. The molecule has 0 fully saturated rings. The third-order valence-corrected chi connectivity index (χ3v) is 3.36. The van der Waals surface area contributed by atoms with Gasteiger partial charge in [-0.25, -0.2) is 0 Å². The van der Waals surface area contributed by atoms with Crippen molar-refractivity contribution < 1.29 is 4.79 Å². The van der Waals surface area contributed by atoms with E-state index < -0.39 is 0 Å². The van der Waals surface area contributed by atoms with Crippen LogP contribution in [0.1, 0.15) is 5.56 Å². The van der Waals surface area contributed by atoms with Crippen LogP contribution in [0.15, 0.2) is 36.4 Å². The molecule has 74 valence electrons. The standard InChI is InChI=1S/C11H12OS2/c1-13-11(12)14-9-5-8-10-6-3-2-4-7-10/h2-8H,9H2,1H3/b8-5+. The van der Waals surface area contributed by atoms with Crippen molar-refractivity contribution in [3.05, 3.63) is 42.0 Å². The molecule has 0 bridgehead atoms. The van der Waals surface area contributed by atoms with E-state index >= 15 is 0 Å². The highest BCUT2D eigenvalue weighted by atomic mass is 32.2. The lowest BCUT2D eigenvalue weighted by molar-refractivity contribution is 0.276. The summed E-state index contributed by atoms with van der Waals surface area (Å²) in [5, 5.41) is 0. The molecule has 0 spiro atoms. The lowest BCUT2D eigenvalue weighted by Gasteiger charge is -1.92. The topological polar surface area (TPSA) is 17.1 Å². The van der Waals surface area contributed by atoms with Crippen molar-refractivity contribution in [2.75, 3.05) is 12.0 Å². The van der Waals surface area contributed by atoms with Crippen molar-refractivity contribution in [2.24, 2.45) is 0 Å². The second-order valence-corrected chi connectivity index (χ2v) is 4.61. The van der Waals surface area contributed by atoms with Crippen molar-refractivity contribution in [1.29, 1.82) is 0 Å². The van der Waals surface area contributed by atoms with Gasteiger partial charge < -0.3 is 0 Å². The molecule has 1 rings (SSSR count). The highest BCUT2D eigenvalue weighted by molar-refractivity contribution is 8.38. The van der Waals surface area contributed by atoms with Gasteiger partial charge in [0.15, 0.2) is 0 Å². The van der Waals surface area contributed by atoms with E-state index in [1.54, 1.807) is 6.26 Å². The van der Waals surface area contributed by atoms with Gasteiger partial charge >= 0.3 is 0 Å². The number of rotatable bonds is 3. The van der Waals surface area contributed by atoms with Gasteiger partial charge in [0, 0.05) is 5.75 Å². The first-order chi connectivity index (χ1) is 6.83. The van der Waals surface area contributed by atoms with Crippen molar-refractivity contribution in [1.82, 2.24) is 0 Å². The fourth-order valence-electron chi connectivity index (χ4n) is 0.923. The van der Waals surface area contributed by atoms with Gasteiger partial charge in [0.2, 0.25) is 4.45 Å². The van der Waals surface area contributed by atoms with Crippen LogP contribution in [0.25, 0.3) is 6.08 Å². The maximum atomic E-state index is 10.9. The lowest BCUT2D eigenvalue weighted by atomic mass is 10.2. The van der Waals surface area contributed by atoms with Crippen LogP contribution in [-0.2, 0) is 0 Å². The van der Waals surface area contributed by atoms with Crippen molar-refractivity contribution in [3.8, 4) is 0 Å². The first-order valence-corrected chi connectivity index (χ1v) is 6.46. The Kier molecular flexibility index (Phi) is 5.49. The number of benzene rings is 1. The van der Waals surface area contributed by atoms with E-state index in [9.17, 15) is 4.79 Å². The van der Waals surface area contributed by atoms with E-state index in [0.29, 0.717) is 0 Å². The summed E-state index contributed by atoms with van der Waals surface area (Å²) in [6.45, 7) is 0. The Morgan fingerprint density at radius 3 is 2.71 bits per heavy atom. The van der Waals surface area contributed by atoms with Crippen LogP contribution in [0.2, 0.25) is 0 Å². The quantitative estimate of drug-likeness (QED) is 0.774. The van der Waals surface area contributed by atoms with Crippen LogP contribution in [0.4, 0.5) is 4.79 Å². The maximum Gasteiger partial charge on any atom is 0.246 e. The molecular formula is C11H12OS2. The normalized spacial score (nSPS) is 10.6. The minimum atomic E-state index is 0.169. The molecular weight excluding hydrogens is 212 g/mol. The van der Waals surface area contributed by atoms with Gasteiger partial charge in [-0.3, -0.25) is 4.79 Å². The third kappa shape index (κ3) is 4.53. The average Bonchev–Trinajstić information content (AvgIpc) is 2.25. The summed E-state index contributed by atoms with van der Waals surface area (Å²) in [7, 11) is 0. The second-order valence-electron chi connectivity index (χ2n) is 2.58. The summed E-state index contributed by atoms with van der Waals surface area (Å²) in [6.07, 6.45) is 5.84. The second kappa shape index (κ2) is 6.74. The average molecular weight is 224 g/mol. The molecule has 0 saturated heterocycles. The van der Waals surface area contributed by atoms with Gasteiger partial charge in [0.25, 0.3) is 0 Å². The molecule has 0 unspecified atom stereocenters. The Morgan fingerprint density at radius 2 is 2.07 bits per heavy atom. The minimum absolute atomic E-state index is 0.169. The van der Waals surface area contributed by atoms with E-state index in [0.717, 1.165) is 5.75 Å². The number of carbonyl (C=O) groups excluding carboxylic acids is 1. The van der Waals surface area contributed by atoms with Gasteiger partial charge in [-0.15, -0.1) is 0 Å². The predicted molar refractivity (Wildman–Crippen MR) is 66.8 cm³/mol. The number of hydrogen-bond donors (Lipinski definition) is 0. The predicted octanol–water partition coefficient (Wildman–Crippen LogP) is 3.92. The largest absolute Gasteiger partial charge is 0.274 e. The van der Waals surface area contributed by atoms with Crippen molar-refractivity contribution >= 4 is 34.0 Å². The summed E-state index contributed by atoms with van der Waals surface area (Å²) in [5.41, 5.74) is 1.17. The molecule has 0 aliphatic heterocycles. The number of hydrogen-bond acceptors (Lipinski definition) is 3. The van der Waals surface area contributed by atoms with E-state index in [4.69, 9.17) is 0 Å². The molecule has 14 heavy (non-hydrogen) atoms. The smallest absolute Gasteiger partial charge is 0.246 e. The molecule has 0 amide bonds. The summed E-state index contributed by atoms with van der Waals surface area (Å²) in [4.78, 5) is 10.9. The molecule has 3 heteroatoms. The van der Waals surface area contributed by atoms with E-state index in [2.05, 4.69) is 0 Å². The lowest BCUT2D eigenvalue weighted by Crippen LogP contribution is -1.79. The van der Waals surface area contributed by atoms with Crippen LogP contribution >= 0.6 is 23.5 Å². The van der Waals surface area contributed by atoms with Gasteiger partial charge in [0.05, 0.1) is 0 Å². The third-order valence-electron chi connectivity index (χ3n) is 1.57. The fraction of sp³-hybridized carbons (Fsp3) is 0.182. The molecule has 0 aliphatic rings. The van der Waals surface area contributed by atoms with Crippen LogP contribution in [0, 0.1) is 0 Å². The monoisotopic (exact) mass is 224 g/mol. The zero-order chi connectivity index (χ0) is 10.2. The molecule has 0 atom stereocenters. The molecule has 1 aromatic carbocycles. The zero-order valence-electron chi connectivity index (χ0n) is 7.97. The zero-order valence-corrected chi connectivity index (χ0v) is 9.61. The molecule has 0 heterocycles. The fourth-order valence-corrected chi connectivity index (χ4v) is 1.93. The molecule has 1 nitrogen and oxygen atoms in total. The SMILES string of the molecule is CSC(=O)SC/C=C/c1ccccc1. The first-order valence-electron chi connectivity index (χ1n) is 4.25. The Hall–Kier alpha value is -0.670.